The number of nitrogens with one attached hydrogen (secondary N) is 1. The molecule has 2 aromatic rings. The van der Waals surface area contributed by atoms with Crippen LogP contribution in [0.3, 0.4) is 0 Å². The highest BCUT2D eigenvalue weighted by Gasteiger charge is 2.23. The minimum absolute atomic E-state index is 0.00571. The van der Waals surface area contributed by atoms with Crippen LogP contribution in [-0.2, 0) is 9.63 Å². The third-order valence-electron chi connectivity index (χ3n) is 3.15. The summed E-state index contributed by atoms with van der Waals surface area (Å²) in [5.41, 5.74) is 0.529. The lowest BCUT2D eigenvalue weighted by atomic mass is 10.1. The molecule has 0 aliphatic heterocycles. The average Bonchev–Trinajstić information content (AvgIpc) is 3.33. The highest BCUT2D eigenvalue weighted by atomic mass is 32.2. The van der Waals surface area contributed by atoms with E-state index >= 15 is 0 Å². The van der Waals surface area contributed by atoms with E-state index < -0.39 is 11.0 Å². The molecule has 1 saturated carbocycles. The van der Waals surface area contributed by atoms with Crippen molar-refractivity contribution in [2.75, 3.05) is 11.9 Å². The molecule has 9 heteroatoms. The second-order valence-corrected chi connectivity index (χ2v) is 7.49. The predicted molar refractivity (Wildman–Crippen MR) is 94.1 cm³/mol. The van der Waals surface area contributed by atoms with E-state index in [1.54, 1.807) is 30.0 Å². The molecular formula is C16H13FN4O2S2. The topological polar surface area (TPSA) is 87.4 Å². The molecule has 1 fully saturated rings. The van der Waals surface area contributed by atoms with Crippen molar-refractivity contribution in [3.05, 3.63) is 41.2 Å². The molecule has 0 spiro atoms. The molecule has 1 aliphatic carbocycles. The summed E-state index contributed by atoms with van der Waals surface area (Å²) in [7, 11) is 0. The first-order chi connectivity index (χ1) is 12.2. The van der Waals surface area contributed by atoms with Crippen LogP contribution in [0, 0.1) is 16.5 Å². The van der Waals surface area contributed by atoms with Crippen LogP contribution >= 0.6 is 23.1 Å². The van der Waals surface area contributed by atoms with Gasteiger partial charge >= 0.3 is 0 Å². The van der Waals surface area contributed by atoms with E-state index in [2.05, 4.69) is 15.5 Å². The molecule has 128 valence electrons. The number of benzene rings is 1. The van der Waals surface area contributed by atoms with E-state index in [0.717, 1.165) is 11.1 Å². The van der Waals surface area contributed by atoms with Crippen molar-refractivity contribution in [1.82, 2.24) is 4.98 Å². The second-order valence-electron chi connectivity index (χ2n) is 5.14. The third-order valence-corrected chi connectivity index (χ3v) is 5.20. The number of carbonyl (C=O) groups is 1. The van der Waals surface area contributed by atoms with Gasteiger partial charge in [0.1, 0.15) is 6.07 Å². The van der Waals surface area contributed by atoms with Crippen LogP contribution in [0.15, 0.2) is 40.5 Å². The summed E-state index contributed by atoms with van der Waals surface area (Å²) in [4.78, 5) is 22.1. The van der Waals surface area contributed by atoms with Gasteiger partial charge < -0.3 is 4.84 Å². The first kappa shape index (κ1) is 17.4. The summed E-state index contributed by atoms with van der Waals surface area (Å²) < 4.78 is 13.0. The molecule has 1 amide bonds. The van der Waals surface area contributed by atoms with Crippen LogP contribution in [0.25, 0.3) is 0 Å². The van der Waals surface area contributed by atoms with Crippen LogP contribution in [0.2, 0.25) is 0 Å². The fourth-order valence-corrected chi connectivity index (χ4v) is 3.48. The van der Waals surface area contributed by atoms with Gasteiger partial charge in [-0.3, -0.25) is 10.1 Å². The smallest absolute Gasteiger partial charge is 0.280 e. The van der Waals surface area contributed by atoms with Crippen molar-refractivity contribution in [3.63, 3.8) is 0 Å². The maximum atomic E-state index is 13.0. The lowest BCUT2D eigenvalue weighted by Crippen LogP contribution is -2.24. The van der Waals surface area contributed by atoms with E-state index in [0.29, 0.717) is 22.2 Å². The van der Waals surface area contributed by atoms with E-state index in [1.807, 2.05) is 12.1 Å². The summed E-state index contributed by atoms with van der Waals surface area (Å²) >= 11 is 2.51. The highest BCUT2D eigenvalue weighted by molar-refractivity contribution is 8.00. The Morgan fingerprint density at radius 2 is 2.24 bits per heavy atom. The fraction of sp³-hybridized carbons (Fsp3) is 0.250. The molecule has 1 aromatic carbocycles. The van der Waals surface area contributed by atoms with Gasteiger partial charge in [0.2, 0.25) is 6.61 Å². The number of thiazole rings is 1. The molecule has 1 heterocycles. The van der Waals surface area contributed by atoms with Gasteiger partial charge in [-0.05, 0) is 25.0 Å². The van der Waals surface area contributed by atoms with Gasteiger partial charge in [0.05, 0.1) is 6.20 Å². The third kappa shape index (κ3) is 5.01. The first-order valence-electron chi connectivity index (χ1n) is 7.42. The zero-order chi connectivity index (χ0) is 17.6. The minimum Gasteiger partial charge on any atom is -0.380 e. The van der Waals surface area contributed by atoms with E-state index in [4.69, 9.17) is 10.1 Å². The number of nitrogens with zero attached hydrogens (tertiary/aromatic N) is 3. The number of aromatic nitrogens is 1. The van der Waals surface area contributed by atoms with Gasteiger partial charge in [0, 0.05) is 15.7 Å². The number of anilines is 1. The molecule has 6 nitrogen and oxygen atoms in total. The Balaban J connectivity index is 1.76. The van der Waals surface area contributed by atoms with Crippen molar-refractivity contribution in [2.45, 2.75) is 23.0 Å². The standard InChI is InChI=1S/C16H13FN4O2S2/c17-13-9-19-16(25-13)20-15(22)14(21-23-8-7-18)10-1-3-11(4-2-10)24-12-5-6-12/h1-4,9,12H,5-6,8H2,(H,19,20,22)/b21-14+. The number of rotatable bonds is 7. The maximum Gasteiger partial charge on any atom is 0.280 e. The monoisotopic (exact) mass is 376 g/mol. The van der Waals surface area contributed by atoms with E-state index in [1.165, 1.54) is 12.8 Å². The molecule has 0 bridgehead atoms. The molecule has 1 aliphatic rings. The number of hydrogen-bond acceptors (Lipinski definition) is 7. The number of nitriles is 1. The lowest BCUT2D eigenvalue weighted by molar-refractivity contribution is -0.110. The fourth-order valence-electron chi connectivity index (χ4n) is 1.89. The Morgan fingerprint density at radius 3 is 2.84 bits per heavy atom. The molecule has 25 heavy (non-hydrogen) atoms. The molecule has 3 rings (SSSR count). The van der Waals surface area contributed by atoms with Crippen molar-refractivity contribution in [1.29, 1.82) is 5.26 Å². The zero-order valence-electron chi connectivity index (χ0n) is 12.9. The normalized spacial score (nSPS) is 14.0. The minimum atomic E-state index is -0.588. The molecule has 0 radical (unpaired) electrons. The van der Waals surface area contributed by atoms with Gasteiger partial charge in [-0.1, -0.05) is 28.6 Å². The Hall–Kier alpha value is -2.44. The van der Waals surface area contributed by atoms with Crippen molar-refractivity contribution in [3.8, 4) is 6.07 Å². The summed E-state index contributed by atoms with van der Waals surface area (Å²) in [5.74, 6) is -0.588. The van der Waals surface area contributed by atoms with Gasteiger partial charge in [-0.2, -0.15) is 9.65 Å². The highest BCUT2D eigenvalue weighted by Crippen LogP contribution is 2.39. The van der Waals surface area contributed by atoms with Gasteiger partial charge in [0.25, 0.3) is 5.91 Å². The SMILES string of the molecule is N#CCO/N=C(/C(=O)Nc1ncc(F)s1)c1ccc(SC2CC2)cc1. The van der Waals surface area contributed by atoms with Crippen molar-refractivity contribution >= 4 is 39.8 Å². The number of halogens is 1. The Kier molecular flexibility index (Phi) is 5.63. The number of carbonyl (C=O) groups excluding carboxylic acids is 1. The Labute approximate surface area is 151 Å². The van der Waals surface area contributed by atoms with Gasteiger partial charge in [-0.15, -0.1) is 11.8 Å². The zero-order valence-corrected chi connectivity index (χ0v) is 14.6. The summed E-state index contributed by atoms with van der Waals surface area (Å²) in [6.45, 7) is -0.279. The maximum absolute atomic E-state index is 13.0. The van der Waals surface area contributed by atoms with Gasteiger partial charge in [0.15, 0.2) is 16.0 Å². The first-order valence-corrected chi connectivity index (χ1v) is 9.12. The van der Waals surface area contributed by atoms with Crippen LogP contribution in [0.1, 0.15) is 18.4 Å². The molecule has 0 unspecified atom stereocenters. The summed E-state index contributed by atoms with van der Waals surface area (Å²) in [6.07, 6.45) is 3.48. The van der Waals surface area contributed by atoms with Crippen molar-refractivity contribution in [2.24, 2.45) is 5.16 Å². The molecule has 1 aromatic heterocycles. The largest absolute Gasteiger partial charge is 0.380 e. The van der Waals surface area contributed by atoms with E-state index in [9.17, 15) is 9.18 Å². The van der Waals surface area contributed by atoms with Crippen LogP contribution in [-0.4, -0.2) is 28.5 Å². The molecule has 1 N–H and O–H groups in total. The van der Waals surface area contributed by atoms with Crippen LogP contribution in [0.5, 0.6) is 0 Å². The average molecular weight is 376 g/mol. The van der Waals surface area contributed by atoms with E-state index in [-0.39, 0.29) is 17.5 Å². The summed E-state index contributed by atoms with van der Waals surface area (Å²) in [5, 5.41) is 15.1. The second kappa shape index (κ2) is 8.09. The molecule has 0 saturated heterocycles. The lowest BCUT2D eigenvalue weighted by Gasteiger charge is -2.07. The number of oxime groups is 1. The Bertz CT molecular complexity index is 825. The van der Waals surface area contributed by atoms with Crippen LogP contribution < -0.4 is 5.32 Å². The predicted octanol–water partition coefficient (Wildman–Crippen LogP) is 3.42. The Morgan fingerprint density at radius 1 is 1.48 bits per heavy atom. The number of hydrogen-bond donors (Lipinski definition) is 1. The molecule has 0 atom stereocenters. The summed E-state index contributed by atoms with van der Waals surface area (Å²) in [6, 6.07) is 9.13. The van der Waals surface area contributed by atoms with Gasteiger partial charge in [-0.25, -0.2) is 4.98 Å². The molecular weight excluding hydrogens is 363 g/mol. The quantitative estimate of drug-likeness (QED) is 0.454. The number of amides is 1. The van der Waals surface area contributed by atoms with Crippen LogP contribution in [0.4, 0.5) is 9.52 Å². The van der Waals surface area contributed by atoms with Crippen molar-refractivity contribution < 1.29 is 14.0 Å². The number of thioether (sulfide) groups is 1.